The fourth-order valence-electron chi connectivity index (χ4n) is 2.34. The van der Waals surface area contributed by atoms with Crippen LogP contribution >= 0.6 is 0 Å². The summed E-state index contributed by atoms with van der Waals surface area (Å²) in [6.45, 7) is 7.58. The number of aliphatic hydroxyl groups excluding tert-OH is 1. The zero-order valence-electron chi connectivity index (χ0n) is 12.7. The molecule has 0 fully saturated rings. The van der Waals surface area contributed by atoms with Gasteiger partial charge in [-0.3, -0.25) is 0 Å². The topological polar surface area (TPSA) is 66.4 Å². The monoisotopic (exact) mass is 299 g/mol. The van der Waals surface area contributed by atoms with Gasteiger partial charge < -0.3 is 5.11 Å². The molecule has 2 N–H and O–H groups in total. The summed E-state index contributed by atoms with van der Waals surface area (Å²) in [6, 6.07) is 5.01. The van der Waals surface area contributed by atoms with E-state index in [0.29, 0.717) is 11.1 Å². The van der Waals surface area contributed by atoms with E-state index in [1.807, 2.05) is 20.8 Å². The third-order valence-electron chi connectivity index (χ3n) is 4.11. The highest BCUT2D eigenvalue weighted by molar-refractivity contribution is 7.89. The summed E-state index contributed by atoms with van der Waals surface area (Å²) in [6.07, 6.45) is 2.24. The van der Waals surface area contributed by atoms with Gasteiger partial charge in [0.15, 0.2) is 0 Å². The van der Waals surface area contributed by atoms with Crippen LogP contribution in [0.25, 0.3) is 0 Å². The van der Waals surface area contributed by atoms with Crippen molar-refractivity contribution in [2.24, 2.45) is 0 Å². The molecule has 0 atom stereocenters. The normalized spacial score (nSPS) is 12.7. The molecule has 0 unspecified atom stereocenters. The lowest BCUT2D eigenvalue weighted by molar-refractivity contribution is 0.281. The largest absolute Gasteiger partial charge is 0.392 e. The second-order valence-electron chi connectivity index (χ2n) is 5.20. The standard InChI is InChI=1S/C15H25NO3S/c1-5-15(6-2,7-3)16-20(18,19)14-10-13(11-17)9-8-12(14)4/h8-10,16-17H,5-7,11H2,1-4H3. The summed E-state index contributed by atoms with van der Waals surface area (Å²) in [4.78, 5) is 0.253. The smallest absolute Gasteiger partial charge is 0.241 e. The van der Waals surface area contributed by atoms with E-state index in [0.717, 1.165) is 19.3 Å². The van der Waals surface area contributed by atoms with E-state index in [-0.39, 0.29) is 11.5 Å². The Hall–Kier alpha value is -0.910. The van der Waals surface area contributed by atoms with Gasteiger partial charge in [-0.2, -0.15) is 0 Å². The van der Waals surface area contributed by atoms with Crippen LogP contribution in [0, 0.1) is 6.92 Å². The molecule has 0 amide bonds. The highest BCUT2D eigenvalue weighted by Crippen LogP contribution is 2.25. The number of aliphatic hydroxyl groups is 1. The number of nitrogens with one attached hydrogen (secondary N) is 1. The lowest BCUT2D eigenvalue weighted by Gasteiger charge is -2.31. The summed E-state index contributed by atoms with van der Waals surface area (Å²) in [5.41, 5.74) is 0.888. The molecule has 0 aromatic heterocycles. The van der Waals surface area contributed by atoms with Crippen LogP contribution in [0.4, 0.5) is 0 Å². The fraction of sp³-hybridized carbons (Fsp3) is 0.600. The summed E-state index contributed by atoms with van der Waals surface area (Å²) in [7, 11) is -3.58. The van der Waals surface area contributed by atoms with Gasteiger partial charge in [0.25, 0.3) is 0 Å². The molecular weight excluding hydrogens is 274 g/mol. The maximum atomic E-state index is 12.6. The summed E-state index contributed by atoms with van der Waals surface area (Å²) in [5.74, 6) is 0. The van der Waals surface area contributed by atoms with Gasteiger partial charge in [0.05, 0.1) is 11.5 Å². The van der Waals surface area contributed by atoms with Crippen LogP contribution in [0.5, 0.6) is 0 Å². The predicted molar refractivity (Wildman–Crippen MR) is 81.0 cm³/mol. The van der Waals surface area contributed by atoms with Crippen molar-refractivity contribution in [1.82, 2.24) is 4.72 Å². The van der Waals surface area contributed by atoms with Gasteiger partial charge in [-0.05, 0) is 43.4 Å². The first-order valence-corrected chi connectivity index (χ1v) is 8.56. The first-order valence-electron chi connectivity index (χ1n) is 7.08. The van der Waals surface area contributed by atoms with Gasteiger partial charge in [-0.1, -0.05) is 32.9 Å². The predicted octanol–water partition coefficient (Wildman–Crippen LogP) is 2.73. The van der Waals surface area contributed by atoms with Crippen LogP contribution in [-0.4, -0.2) is 19.1 Å². The Balaban J connectivity index is 3.23. The molecule has 1 rings (SSSR count). The molecule has 0 heterocycles. The third-order valence-corrected chi connectivity index (χ3v) is 5.83. The molecule has 0 aliphatic carbocycles. The van der Waals surface area contributed by atoms with Gasteiger partial charge in [0.2, 0.25) is 10.0 Å². The van der Waals surface area contributed by atoms with Gasteiger partial charge in [-0.15, -0.1) is 0 Å². The lowest BCUT2D eigenvalue weighted by atomic mass is 9.91. The number of hydrogen-bond donors (Lipinski definition) is 2. The summed E-state index contributed by atoms with van der Waals surface area (Å²) >= 11 is 0. The zero-order chi connectivity index (χ0) is 15.4. The lowest BCUT2D eigenvalue weighted by Crippen LogP contribution is -2.47. The van der Waals surface area contributed by atoms with Crippen molar-refractivity contribution in [2.45, 2.75) is 64.0 Å². The highest BCUT2D eigenvalue weighted by Gasteiger charge is 2.31. The molecule has 0 bridgehead atoms. The van der Waals surface area contributed by atoms with Crippen LogP contribution < -0.4 is 4.72 Å². The molecule has 0 saturated heterocycles. The van der Waals surface area contributed by atoms with E-state index < -0.39 is 15.6 Å². The van der Waals surface area contributed by atoms with Crippen LogP contribution in [0.3, 0.4) is 0 Å². The molecule has 0 saturated carbocycles. The Kier molecular flexibility index (Phi) is 5.74. The summed E-state index contributed by atoms with van der Waals surface area (Å²) in [5, 5.41) is 9.17. The van der Waals surface area contributed by atoms with Crippen molar-refractivity contribution in [3.8, 4) is 0 Å². The fourth-order valence-corrected chi connectivity index (χ4v) is 4.25. The number of hydrogen-bond acceptors (Lipinski definition) is 3. The molecule has 0 aliphatic rings. The minimum atomic E-state index is -3.58. The molecule has 1 aromatic rings. The molecule has 0 spiro atoms. The molecule has 1 aromatic carbocycles. The third kappa shape index (κ3) is 3.59. The van der Waals surface area contributed by atoms with E-state index in [1.54, 1.807) is 25.1 Å². The second kappa shape index (κ2) is 6.70. The molecule has 20 heavy (non-hydrogen) atoms. The first-order chi connectivity index (χ1) is 9.34. The second-order valence-corrected chi connectivity index (χ2v) is 6.86. The molecule has 0 aliphatic heterocycles. The Bertz CT molecular complexity index is 540. The van der Waals surface area contributed by atoms with E-state index in [9.17, 15) is 13.5 Å². The minimum absolute atomic E-state index is 0.163. The average Bonchev–Trinajstić information content (AvgIpc) is 2.45. The van der Waals surface area contributed by atoms with Gasteiger partial charge in [0, 0.05) is 5.54 Å². The van der Waals surface area contributed by atoms with Crippen molar-refractivity contribution < 1.29 is 13.5 Å². The molecule has 114 valence electrons. The zero-order valence-corrected chi connectivity index (χ0v) is 13.5. The molecule has 5 heteroatoms. The number of rotatable bonds is 7. The number of benzene rings is 1. The number of sulfonamides is 1. The van der Waals surface area contributed by atoms with E-state index >= 15 is 0 Å². The van der Waals surface area contributed by atoms with Gasteiger partial charge >= 0.3 is 0 Å². The first kappa shape index (κ1) is 17.1. The average molecular weight is 299 g/mol. The number of aryl methyl sites for hydroxylation is 1. The highest BCUT2D eigenvalue weighted by atomic mass is 32.2. The maximum Gasteiger partial charge on any atom is 0.241 e. The van der Waals surface area contributed by atoms with Crippen molar-refractivity contribution in [3.63, 3.8) is 0 Å². The van der Waals surface area contributed by atoms with E-state index in [2.05, 4.69) is 4.72 Å². The Morgan fingerprint density at radius 1 is 1.15 bits per heavy atom. The summed E-state index contributed by atoms with van der Waals surface area (Å²) < 4.78 is 28.1. The Morgan fingerprint density at radius 3 is 2.15 bits per heavy atom. The van der Waals surface area contributed by atoms with Crippen molar-refractivity contribution in [3.05, 3.63) is 29.3 Å². The molecule has 4 nitrogen and oxygen atoms in total. The van der Waals surface area contributed by atoms with Crippen LogP contribution in [-0.2, 0) is 16.6 Å². The van der Waals surface area contributed by atoms with Gasteiger partial charge in [-0.25, -0.2) is 13.1 Å². The van der Waals surface area contributed by atoms with Crippen LogP contribution in [0.1, 0.15) is 51.2 Å². The van der Waals surface area contributed by atoms with E-state index in [4.69, 9.17) is 0 Å². The van der Waals surface area contributed by atoms with Crippen molar-refractivity contribution in [2.75, 3.05) is 0 Å². The van der Waals surface area contributed by atoms with Crippen LogP contribution in [0.2, 0.25) is 0 Å². The Morgan fingerprint density at radius 2 is 1.70 bits per heavy atom. The van der Waals surface area contributed by atoms with E-state index in [1.165, 1.54) is 0 Å². The Labute approximate surface area is 122 Å². The van der Waals surface area contributed by atoms with Crippen LogP contribution in [0.15, 0.2) is 23.1 Å². The SMILES string of the molecule is CCC(CC)(CC)NS(=O)(=O)c1cc(CO)ccc1C. The molecule has 0 radical (unpaired) electrons. The maximum absolute atomic E-state index is 12.6. The van der Waals surface area contributed by atoms with Gasteiger partial charge in [0.1, 0.15) is 0 Å². The minimum Gasteiger partial charge on any atom is -0.392 e. The van der Waals surface area contributed by atoms with Crippen molar-refractivity contribution in [1.29, 1.82) is 0 Å². The van der Waals surface area contributed by atoms with Crippen molar-refractivity contribution >= 4 is 10.0 Å². The molecular formula is C15H25NO3S. The quantitative estimate of drug-likeness (QED) is 0.813.